The summed E-state index contributed by atoms with van der Waals surface area (Å²) in [4.78, 5) is 17.4. The number of piperazine rings is 1. The third-order valence-corrected chi connectivity index (χ3v) is 6.99. The zero-order valence-electron chi connectivity index (χ0n) is 21.5. The van der Waals surface area contributed by atoms with Gasteiger partial charge in [0.2, 0.25) is 0 Å². The standard InChI is InChI=1S/C32H31ClN2O3/c1-2-37-32(36)30-17-16-27(22-31(30)38-28-9-4-3-5-10-28)35-20-18-34(19-21-35)23-25-8-6-7-11-29(25)24-12-14-26(33)15-13-24/h3-17,22H,2,18-21,23H2,1H3. The van der Waals surface area contributed by atoms with Crippen molar-refractivity contribution in [2.75, 3.05) is 37.7 Å². The number of hydrogen-bond donors (Lipinski definition) is 0. The number of carbonyl (C=O) groups is 1. The van der Waals surface area contributed by atoms with Gasteiger partial charge in [0.25, 0.3) is 0 Å². The van der Waals surface area contributed by atoms with Gasteiger partial charge in [-0.15, -0.1) is 0 Å². The van der Waals surface area contributed by atoms with E-state index in [1.807, 2.05) is 54.6 Å². The van der Waals surface area contributed by atoms with E-state index >= 15 is 0 Å². The van der Waals surface area contributed by atoms with Gasteiger partial charge >= 0.3 is 5.97 Å². The smallest absolute Gasteiger partial charge is 0.341 e. The molecule has 0 aliphatic carbocycles. The minimum absolute atomic E-state index is 0.314. The summed E-state index contributed by atoms with van der Waals surface area (Å²) in [6.45, 7) is 6.63. The van der Waals surface area contributed by atoms with Crippen LogP contribution in [0.3, 0.4) is 0 Å². The molecule has 4 aromatic rings. The quantitative estimate of drug-likeness (QED) is 0.225. The third kappa shape index (κ3) is 6.18. The molecule has 1 heterocycles. The maximum absolute atomic E-state index is 12.6. The third-order valence-electron chi connectivity index (χ3n) is 6.74. The second kappa shape index (κ2) is 12.2. The molecule has 5 nitrogen and oxygen atoms in total. The molecule has 0 radical (unpaired) electrons. The number of rotatable bonds is 8. The van der Waals surface area contributed by atoms with Crippen LogP contribution in [-0.4, -0.2) is 43.7 Å². The number of hydrogen-bond acceptors (Lipinski definition) is 5. The summed E-state index contributed by atoms with van der Waals surface area (Å²) in [5, 5.41) is 0.745. The van der Waals surface area contributed by atoms with Crippen LogP contribution in [0.25, 0.3) is 11.1 Å². The Morgan fingerprint density at radius 1 is 0.842 bits per heavy atom. The van der Waals surface area contributed by atoms with Crippen LogP contribution < -0.4 is 9.64 Å². The summed E-state index contributed by atoms with van der Waals surface area (Å²) in [7, 11) is 0. The molecule has 0 amide bonds. The summed E-state index contributed by atoms with van der Waals surface area (Å²) in [5.41, 5.74) is 5.18. The first kappa shape index (κ1) is 25.8. The van der Waals surface area contributed by atoms with E-state index < -0.39 is 0 Å². The highest BCUT2D eigenvalue weighted by atomic mass is 35.5. The molecule has 38 heavy (non-hydrogen) atoms. The van der Waals surface area contributed by atoms with Gasteiger partial charge < -0.3 is 14.4 Å². The van der Waals surface area contributed by atoms with Crippen LogP contribution in [0.2, 0.25) is 5.02 Å². The zero-order chi connectivity index (χ0) is 26.3. The van der Waals surface area contributed by atoms with Crippen LogP contribution in [0.15, 0.2) is 97.1 Å². The first-order chi connectivity index (χ1) is 18.6. The number of esters is 1. The van der Waals surface area contributed by atoms with Crippen molar-refractivity contribution in [3.05, 3.63) is 113 Å². The summed E-state index contributed by atoms with van der Waals surface area (Å²) in [5.74, 6) is 0.806. The van der Waals surface area contributed by atoms with E-state index in [1.165, 1.54) is 16.7 Å². The second-order valence-corrected chi connectivity index (χ2v) is 9.68. The Morgan fingerprint density at radius 3 is 2.29 bits per heavy atom. The predicted octanol–water partition coefficient (Wildman–Crippen LogP) is 7.30. The summed E-state index contributed by atoms with van der Waals surface area (Å²) in [6, 6.07) is 31.8. The minimum Gasteiger partial charge on any atom is -0.462 e. The molecule has 1 aliphatic heterocycles. The van der Waals surface area contributed by atoms with E-state index in [0.717, 1.165) is 43.4 Å². The molecule has 6 heteroatoms. The highest BCUT2D eigenvalue weighted by Gasteiger charge is 2.21. The molecular weight excluding hydrogens is 496 g/mol. The van der Waals surface area contributed by atoms with Gasteiger partial charge in [0.15, 0.2) is 0 Å². The fourth-order valence-corrected chi connectivity index (χ4v) is 4.89. The largest absolute Gasteiger partial charge is 0.462 e. The average molecular weight is 527 g/mol. The second-order valence-electron chi connectivity index (χ2n) is 9.24. The number of para-hydroxylation sites is 1. The van der Waals surface area contributed by atoms with Gasteiger partial charge in [-0.05, 0) is 60.0 Å². The van der Waals surface area contributed by atoms with Gasteiger partial charge in [0.1, 0.15) is 17.1 Å². The van der Waals surface area contributed by atoms with Crippen molar-refractivity contribution in [1.82, 2.24) is 4.90 Å². The van der Waals surface area contributed by atoms with Crippen molar-refractivity contribution < 1.29 is 14.3 Å². The molecule has 0 N–H and O–H groups in total. The Bertz CT molecular complexity index is 1370. The number of anilines is 1. The predicted molar refractivity (Wildman–Crippen MR) is 153 cm³/mol. The fraction of sp³-hybridized carbons (Fsp3) is 0.219. The van der Waals surface area contributed by atoms with Crippen molar-refractivity contribution in [3.8, 4) is 22.6 Å². The van der Waals surface area contributed by atoms with E-state index in [0.29, 0.717) is 23.7 Å². The van der Waals surface area contributed by atoms with Crippen LogP contribution in [0.4, 0.5) is 5.69 Å². The molecule has 194 valence electrons. The minimum atomic E-state index is -0.380. The molecule has 0 saturated carbocycles. The van der Waals surface area contributed by atoms with Crippen LogP contribution in [0, 0.1) is 0 Å². The van der Waals surface area contributed by atoms with Crippen LogP contribution >= 0.6 is 11.6 Å². The number of carbonyl (C=O) groups excluding carboxylic acids is 1. The molecule has 0 bridgehead atoms. The lowest BCUT2D eigenvalue weighted by Crippen LogP contribution is -2.46. The average Bonchev–Trinajstić information content (AvgIpc) is 2.95. The van der Waals surface area contributed by atoms with Crippen molar-refractivity contribution in [2.24, 2.45) is 0 Å². The summed E-state index contributed by atoms with van der Waals surface area (Å²) in [6.07, 6.45) is 0. The van der Waals surface area contributed by atoms with E-state index in [4.69, 9.17) is 21.1 Å². The summed E-state index contributed by atoms with van der Waals surface area (Å²) >= 11 is 6.10. The van der Waals surface area contributed by atoms with Crippen LogP contribution in [0.5, 0.6) is 11.5 Å². The maximum Gasteiger partial charge on any atom is 0.341 e. The van der Waals surface area contributed by atoms with E-state index in [9.17, 15) is 4.79 Å². The molecule has 0 atom stereocenters. The van der Waals surface area contributed by atoms with Gasteiger partial charge in [-0.3, -0.25) is 4.90 Å². The van der Waals surface area contributed by atoms with Gasteiger partial charge in [0, 0.05) is 49.5 Å². The van der Waals surface area contributed by atoms with E-state index in [-0.39, 0.29) is 5.97 Å². The van der Waals surface area contributed by atoms with Gasteiger partial charge in [0.05, 0.1) is 6.61 Å². The lowest BCUT2D eigenvalue weighted by atomic mass is 9.99. The zero-order valence-corrected chi connectivity index (χ0v) is 22.2. The number of benzene rings is 4. The molecule has 1 saturated heterocycles. The van der Waals surface area contributed by atoms with Crippen molar-refractivity contribution in [1.29, 1.82) is 0 Å². The molecular formula is C32H31ClN2O3. The molecule has 0 spiro atoms. The Labute approximate surface area is 229 Å². The van der Waals surface area contributed by atoms with Gasteiger partial charge in [-0.2, -0.15) is 0 Å². The SMILES string of the molecule is CCOC(=O)c1ccc(N2CCN(Cc3ccccc3-c3ccc(Cl)cc3)CC2)cc1Oc1ccccc1. The molecule has 5 rings (SSSR count). The number of halogens is 1. The monoisotopic (exact) mass is 526 g/mol. The fourth-order valence-electron chi connectivity index (χ4n) is 4.76. The highest BCUT2D eigenvalue weighted by molar-refractivity contribution is 6.30. The number of nitrogens with zero attached hydrogens (tertiary/aromatic N) is 2. The molecule has 0 unspecified atom stereocenters. The Hall–Kier alpha value is -3.80. The van der Waals surface area contributed by atoms with E-state index in [2.05, 4.69) is 46.2 Å². The van der Waals surface area contributed by atoms with Crippen molar-refractivity contribution in [3.63, 3.8) is 0 Å². The maximum atomic E-state index is 12.6. The van der Waals surface area contributed by atoms with E-state index in [1.54, 1.807) is 13.0 Å². The van der Waals surface area contributed by atoms with Gasteiger partial charge in [-0.1, -0.05) is 66.2 Å². The molecule has 4 aromatic carbocycles. The first-order valence-corrected chi connectivity index (χ1v) is 13.3. The Kier molecular flexibility index (Phi) is 8.27. The molecule has 0 aromatic heterocycles. The normalized spacial score (nSPS) is 13.8. The van der Waals surface area contributed by atoms with Crippen molar-refractivity contribution in [2.45, 2.75) is 13.5 Å². The lowest BCUT2D eigenvalue weighted by Gasteiger charge is -2.36. The van der Waals surface area contributed by atoms with Crippen LogP contribution in [0.1, 0.15) is 22.8 Å². The molecule has 1 fully saturated rings. The molecule has 1 aliphatic rings. The lowest BCUT2D eigenvalue weighted by molar-refractivity contribution is 0.0523. The Balaban J connectivity index is 1.29. The van der Waals surface area contributed by atoms with Gasteiger partial charge in [-0.25, -0.2) is 4.79 Å². The van der Waals surface area contributed by atoms with Crippen molar-refractivity contribution >= 4 is 23.3 Å². The highest BCUT2D eigenvalue weighted by Crippen LogP contribution is 2.32. The topological polar surface area (TPSA) is 42.0 Å². The summed E-state index contributed by atoms with van der Waals surface area (Å²) < 4.78 is 11.4. The number of ether oxygens (including phenoxy) is 2. The first-order valence-electron chi connectivity index (χ1n) is 13.0. The Morgan fingerprint density at radius 2 is 1.55 bits per heavy atom. The van der Waals surface area contributed by atoms with Crippen LogP contribution in [-0.2, 0) is 11.3 Å².